The molecular formula is C32H48O6. The molecule has 6 nitrogen and oxygen atoms in total. The molecule has 0 aliphatic heterocycles. The van der Waals surface area contributed by atoms with E-state index >= 15 is 0 Å². The summed E-state index contributed by atoms with van der Waals surface area (Å²) in [6.07, 6.45) is 1.02. The summed E-state index contributed by atoms with van der Waals surface area (Å²) in [6, 6.07) is 16.2. The van der Waals surface area contributed by atoms with Gasteiger partial charge in [-0.15, -0.1) is 0 Å². The van der Waals surface area contributed by atoms with Gasteiger partial charge in [-0.05, 0) is 74.6 Å². The smallest absolute Gasteiger partial charge is 0.313 e. The molecule has 6 heteroatoms. The molecule has 0 aromatic heterocycles. The highest BCUT2D eigenvalue weighted by molar-refractivity contribution is 5.78. The van der Waals surface area contributed by atoms with Crippen LogP contribution < -0.4 is 0 Å². The molecular weight excluding hydrogens is 480 g/mol. The van der Waals surface area contributed by atoms with E-state index in [0.29, 0.717) is 11.8 Å². The summed E-state index contributed by atoms with van der Waals surface area (Å²) in [5.74, 6) is 0.0579. The van der Waals surface area contributed by atoms with Crippen LogP contribution in [0, 0.1) is 11.8 Å². The topological polar surface area (TPSA) is 93.1 Å². The van der Waals surface area contributed by atoms with Gasteiger partial charge in [-0.2, -0.15) is 0 Å². The molecule has 0 bridgehead atoms. The number of hydrogen-bond acceptors (Lipinski definition) is 6. The zero-order chi connectivity index (χ0) is 28.8. The molecule has 0 saturated heterocycles. The van der Waals surface area contributed by atoms with Gasteiger partial charge >= 0.3 is 11.9 Å². The molecule has 2 rings (SSSR count). The second-order valence-corrected chi connectivity index (χ2v) is 11.0. The fraction of sp³-hybridized carbons (Fsp3) is 0.562. The number of esters is 2. The van der Waals surface area contributed by atoms with Crippen molar-refractivity contribution in [1.82, 2.24) is 0 Å². The SMILES string of the molecule is CC(C)Cc1ccc([C@H](C)C(=O)OC(C)CO)cc1.CC(C)Cc1ccc([C@H](C)C(=O)OCC(C)O)cc1. The number of aliphatic hydroxyl groups excluding tert-OH is 2. The fourth-order valence-electron chi connectivity index (χ4n) is 3.77. The van der Waals surface area contributed by atoms with Crippen LogP contribution in [0.4, 0.5) is 0 Å². The number of carbonyl (C=O) groups is 2. The Balaban J connectivity index is 0.000000380. The van der Waals surface area contributed by atoms with Crippen LogP contribution in [0.1, 0.15) is 89.5 Å². The molecule has 212 valence electrons. The second-order valence-electron chi connectivity index (χ2n) is 11.0. The van der Waals surface area contributed by atoms with Gasteiger partial charge in [0.05, 0.1) is 24.5 Å². The monoisotopic (exact) mass is 528 g/mol. The molecule has 0 aliphatic carbocycles. The molecule has 2 N–H and O–H groups in total. The van der Waals surface area contributed by atoms with Gasteiger partial charge < -0.3 is 19.7 Å². The van der Waals surface area contributed by atoms with Gasteiger partial charge in [-0.3, -0.25) is 9.59 Å². The van der Waals surface area contributed by atoms with Gasteiger partial charge in [0.15, 0.2) is 0 Å². The third-order valence-electron chi connectivity index (χ3n) is 6.00. The van der Waals surface area contributed by atoms with Gasteiger partial charge in [-0.1, -0.05) is 76.2 Å². The Labute approximate surface area is 229 Å². The van der Waals surface area contributed by atoms with Crippen LogP contribution in [0.2, 0.25) is 0 Å². The summed E-state index contributed by atoms with van der Waals surface area (Å²) in [4.78, 5) is 23.6. The largest absolute Gasteiger partial charge is 0.462 e. The Morgan fingerprint density at radius 3 is 1.42 bits per heavy atom. The van der Waals surface area contributed by atoms with E-state index in [-0.39, 0.29) is 37.0 Å². The van der Waals surface area contributed by atoms with Gasteiger partial charge in [0, 0.05) is 0 Å². The van der Waals surface area contributed by atoms with E-state index in [4.69, 9.17) is 19.7 Å². The first-order chi connectivity index (χ1) is 17.8. The van der Waals surface area contributed by atoms with E-state index in [1.54, 1.807) is 13.8 Å². The lowest BCUT2D eigenvalue weighted by atomic mass is 9.97. The third kappa shape index (κ3) is 12.7. The van der Waals surface area contributed by atoms with Gasteiger partial charge in [0.1, 0.15) is 12.7 Å². The molecule has 38 heavy (non-hydrogen) atoms. The molecule has 0 heterocycles. The maximum Gasteiger partial charge on any atom is 0.313 e. The summed E-state index contributed by atoms with van der Waals surface area (Å²) < 4.78 is 10.1. The first-order valence-electron chi connectivity index (χ1n) is 13.7. The molecule has 0 radical (unpaired) electrons. The van der Waals surface area contributed by atoms with Gasteiger partial charge in [0.2, 0.25) is 0 Å². The third-order valence-corrected chi connectivity index (χ3v) is 6.00. The van der Waals surface area contributed by atoms with E-state index in [9.17, 15) is 9.59 Å². The van der Waals surface area contributed by atoms with Crippen molar-refractivity contribution in [2.24, 2.45) is 11.8 Å². The maximum atomic E-state index is 11.8. The van der Waals surface area contributed by atoms with Crippen LogP contribution in [0.15, 0.2) is 48.5 Å². The maximum absolute atomic E-state index is 11.8. The Hall–Kier alpha value is -2.70. The van der Waals surface area contributed by atoms with Crippen LogP contribution >= 0.6 is 0 Å². The molecule has 2 aromatic rings. The highest BCUT2D eigenvalue weighted by Crippen LogP contribution is 2.20. The van der Waals surface area contributed by atoms with Crippen LogP contribution in [-0.4, -0.2) is 47.6 Å². The van der Waals surface area contributed by atoms with E-state index in [2.05, 4.69) is 52.0 Å². The number of rotatable bonds is 12. The molecule has 4 atom stereocenters. The Kier molecular flexibility index (Phi) is 14.9. The standard InChI is InChI=1S/2C16H24O3/c1-11(2)9-14-5-7-15(8-6-14)13(4)16(18)19-10-12(3)17;1-11(2)9-14-5-7-15(8-6-14)13(4)16(18)19-12(3)10-17/h2*5-8,11-13,17H,9-10H2,1-4H3/t2*12?,13-/m00/s1. The summed E-state index contributed by atoms with van der Waals surface area (Å²) >= 11 is 0. The van der Waals surface area contributed by atoms with Crippen molar-refractivity contribution in [3.8, 4) is 0 Å². The molecule has 0 spiro atoms. The highest BCUT2D eigenvalue weighted by atomic mass is 16.6. The summed E-state index contributed by atoms with van der Waals surface area (Å²) in [5, 5.41) is 18.0. The fourth-order valence-corrected chi connectivity index (χ4v) is 3.77. The van der Waals surface area contributed by atoms with E-state index in [1.165, 1.54) is 11.1 Å². The van der Waals surface area contributed by atoms with E-state index < -0.39 is 12.2 Å². The Morgan fingerprint density at radius 1 is 0.684 bits per heavy atom. The van der Waals surface area contributed by atoms with Crippen LogP contribution in [-0.2, 0) is 31.9 Å². The minimum Gasteiger partial charge on any atom is -0.462 e. The Morgan fingerprint density at radius 2 is 1.08 bits per heavy atom. The molecule has 0 saturated carbocycles. The minimum atomic E-state index is -0.621. The van der Waals surface area contributed by atoms with Crippen molar-refractivity contribution in [2.45, 2.75) is 92.3 Å². The Bertz CT molecular complexity index is 947. The van der Waals surface area contributed by atoms with E-state index in [1.807, 2.05) is 38.1 Å². The van der Waals surface area contributed by atoms with Crippen LogP contribution in [0.3, 0.4) is 0 Å². The average molecular weight is 529 g/mol. The first-order valence-corrected chi connectivity index (χ1v) is 13.7. The number of benzene rings is 2. The number of ether oxygens (including phenoxy) is 2. The lowest BCUT2D eigenvalue weighted by molar-refractivity contribution is -0.151. The minimum absolute atomic E-state index is 0.0502. The van der Waals surface area contributed by atoms with Crippen molar-refractivity contribution >= 4 is 11.9 Å². The second kappa shape index (κ2) is 17.0. The quantitative estimate of drug-likeness (QED) is 0.337. The van der Waals surface area contributed by atoms with E-state index in [0.717, 1.165) is 24.0 Å². The number of carbonyl (C=O) groups excluding carboxylic acids is 2. The summed E-state index contributed by atoms with van der Waals surface area (Å²) in [5.41, 5.74) is 4.46. The molecule has 2 unspecified atom stereocenters. The van der Waals surface area contributed by atoms with Crippen LogP contribution in [0.5, 0.6) is 0 Å². The average Bonchev–Trinajstić information content (AvgIpc) is 2.86. The predicted molar refractivity (Wildman–Crippen MR) is 152 cm³/mol. The zero-order valence-corrected chi connectivity index (χ0v) is 24.4. The van der Waals surface area contributed by atoms with Crippen LogP contribution in [0.25, 0.3) is 0 Å². The summed E-state index contributed by atoms with van der Waals surface area (Å²) in [7, 11) is 0. The van der Waals surface area contributed by atoms with Crippen molar-refractivity contribution in [2.75, 3.05) is 13.2 Å². The summed E-state index contributed by atoms with van der Waals surface area (Å²) in [6.45, 7) is 15.6. The van der Waals surface area contributed by atoms with Crippen molar-refractivity contribution in [3.63, 3.8) is 0 Å². The lowest BCUT2D eigenvalue weighted by Gasteiger charge is -2.16. The number of aliphatic hydroxyl groups is 2. The van der Waals surface area contributed by atoms with Gasteiger partial charge in [0.25, 0.3) is 0 Å². The molecule has 0 aliphatic rings. The van der Waals surface area contributed by atoms with Gasteiger partial charge in [-0.25, -0.2) is 0 Å². The van der Waals surface area contributed by atoms with Crippen molar-refractivity contribution in [3.05, 3.63) is 70.8 Å². The first kappa shape index (κ1) is 33.3. The lowest BCUT2D eigenvalue weighted by Crippen LogP contribution is -2.22. The van der Waals surface area contributed by atoms with Crippen molar-refractivity contribution < 1.29 is 29.3 Å². The zero-order valence-electron chi connectivity index (χ0n) is 24.4. The predicted octanol–water partition coefficient (Wildman–Crippen LogP) is 5.83. The molecule has 0 amide bonds. The number of hydrogen-bond donors (Lipinski definition) is 2. The van der Waals surface area contributed by atoms with Crippen molar-refractivity contribution in [1.29, 1.82) is 0 Å². The highest BCUT2D eigenvalue weighted by Gasteiger charge is 2.19. The normalized spacial score (nSPS) is 14.2. The molecule has 2 aromatic carbocycles. The molecule has 0 fully saturated rings.